The molecule has 4 aromatic rings. The maximum absolute atomic E-state index is 12.1. The van der Waals surface area contributed by atoms with Crippen LogP contribution in [0.1, 0.15) is 77.2 Å². The average molecular weight is 634 g/mol. The van der Waals surface area contributed by atoms with Gasteiger partial charge in [0, 0.05) is 20.1 Å². The Hall–Kier alpha value is -3.93. The van der Waals surface area contributed by atoms with Gasteiger partial charge >= 0.3 is 5.97 Å². The Balaban J connectivity index is 1.30. The zero-order valence-electron chi connectivity index (χ0n) is 28.7. The van der Waals surface area contributed by atoms with Crippen LogP contribution in [-0.4, -0.2) is 50.9 Å². The summed E-state index contributed by atoms with van der Waals surface area (Å²) < 4.78 is 16.7. The van der Waals surface area contributed by atoms with E-state index in [-0.39, 0.29) is 12.0 Å². The summed E-state index contributed by atoms with van der Waals surface area (Å²) >= 11 is 0. The number of ether oxygens (including phenoxy) is 3. The zero-order chi connectivity index (χ0) is 33.0. The number of likely N-dealkylation sites (N-methyl/N-ethyl adjacent to an activating group) is 1. The average Bonchev–Trinajstić information content (AvgIpc) is 3.26. The molecule has 0 saturated heterocycles. The summed E-state index contributed by atoms with van der Waals surface area (Å²) in [5.74, 6) is 0.486. The first-order valence-corrected chi connectivity index (χ1v) is 17.4. The molecule has 0 fully saturated rings. The zero-order valence-corrected chi connectivity index (χ0v) is 28.7. The fraction of sp³-hybridized carbons (Fsp3) is 0.405. The lowest BCUT2D eigenvalue weighted by atomic mass is 9.90. The molecule has 5 nitrogen and oxygen atoms in total. The fourth-order valence-electron chi connectivity index (χ4n) is 6.68. The van der Waals surface area contributed by atoms with Crippen molar-refractivity contribution >= 4 is 5.97 Å². The van der Waals surface area contributed by atoms with Gasteiger partial charge in [0.15, 0.2) is 6.10 Å². The maximum Gasteiger partial charge on any atom is 0.335 e. The number of benzene rings is 4. The minimum atomic E-state index is -0.608. The van der Waals surface area contributed by atoms with Crippen LogP contribution < -0.4 is 4.74 Å². The predicted molar refractivity (Wildman–Crippen MR) is 190 cm³/mol. The Morgan fingerprint density at radius 3 is 2.23 bits per heavy atom. The molecule has 1 aliphatic carbocycles. The fourth-order valence-corrected chi connectivity index (χ4v) is 6.68. The van der Waals surface area contributed by atoms with Crippen LogP contribution in [0.3, 0.4) is 0 Å². The third-order valence-electron chi connectivity index (χ3n) is 9.37. The second-order valence-corrected chi connectivity index (χ2v) is 12.7. The Labute approximate surface area is 281 Å². The van der Waals surface area contributed by atoms with Crippen molar-refractivity contribution in [2.45, 2.75) is 77.4 Å². The van der Waals surface area contributed by atoms with Gasteiger partial charge in [-0.2, -0.15) is 0 Å². The van der Waals surface area contributed by atoms with Gasteiger partial charge in [-0.25, -0.2) is 4.79 Å². The molecule has 4 aromatic carbocycles. The quantitative estimate of drug-likeness (QED) is 0.117. The van der Waals surface area contributed by atoms with Crippen molar-refractivity contribution < 1.29 is 19.0 Å². The van der Waals surface area contributed by atoms with Crippen molar-refractivity contribution in [1.82, 2.24) is 4.90 Å². The first-order chi connectivity index (χ1) is 23.0. The van der Waals surface area contributed by atoms with E-state index in [1.807, 2.05) is 24.3 Å². The molecule has 0 heterocycles. The van der Waals surface area contributed by atoms with Gasteiger partial charge in [0.1, 0.15) is 12.4 Å². The lowest BCUT2D eigenvalue weighted by molar-refractivity contribution is -0.154. The molecule has 0 radical (unpaired) electrons. The molecule has 248 valence electrons. The Kier molecular flexibility index (Phi) is 12.7. The normalized spacial score (nSPS) is 14.6. The molecule has 2 unspecified atom stereocenters. The van der Waals surface area contributed by atoms with E-state index in [9.17, 15) is 4.79 Å². The minimum Gasteiger partial charge on any atom is -0.492 e. The maximum atomic E-state index is 12.1. The molecule has 47 heavy (non-hydrogen) atoms. The summed E-state index contributed by atoms with van der Waals surface area (Å²) in [6.07, 6.45) is 7.61. The van der Waals surface area contributed by atoms with Crippen molar-refractivity contribution in [2.24, 2.45) is 0 Å². The van der Waals surface area contributed by atoms with E-state index in [1.54, 1.807) is 6.92 Å². The molecule has 0 bridgehead atoms. The van der Waals surface area contributed by atoms with Crippen LogP contribution in [0.5, 0.6) is 5.75 Å². The van der Waals surface area contributed by atoms with E-state index in [1.165, 1.54) is 58.9 Å². The number of carbonyl (C=O) groups is 1. The van der Waals surface area contributed by atoms with Crippen LogP contribution in [0.4, 0.5) is 0 Å². The Morgan fingerprint density at radius 2 is 1.49 bits per heavy atom. The van der Waals surface area contributed by atoms with Crippen LogP contribution in [0.2, 0.25) is 0 Å². The van der Waals surface area contributed by atoms with Gasteiger partial charge in [-0.05, 0) is 109 Å². The van der Waals surface area contributed by atoms with Crippen LogP contribution >= 0.6 is 0 Å². The van der Waals surface area contributed by atoms with Gasteiger partial charge in [-0.1, -0.05) is 92.2 Å². The molecule has 5 heteroatoms. The standard InChI is InChI=1S/C42H51NO4/c1-5-7-11-32-16-20-35-21-22-36-28-33(15-14-31-12-9-8-10-13-31)19-25-38(36)41(39(35)29-32)43(3)26-27-47-37-23-17-34(18-24-37)30-40(45-4)42(44)46-6-2/h8-10,12-13,16-20,23-25,28-29,40-41H,5-7,11,14-15,21-22,26-27,30H2,1-4H3. The molecule has 2 atom stereocenters. The smallest absolute Gasteiger partial charge is 0.335 e. The van der Waals surface area contributed by atoms with E-state index in [0.717, 1.165) is 50.0 Å². The third kappa shape index (κ3) is 9.33. The third-order valence-corrected chi connectivity index (χ3v) is 9.37. The minimum absolute atomic E-state index is 0.173. The lowest BCUT2D eigenvalue weighted by Crippen LogP contribution is -2.30. The summed E-state index contributed by atoms with van der Waals surface area (Å²) in [5, 5.41) is 0. The highest BCUT2D eigenvalue weighted by Gasteiger charge is 2.28. The molecule has 0 amide bonds. The van der Waals surface area contributed by atoms with Crippen LogP contribution in [0.25, 0.3) is 0 Å². The van der Waals surface area contributed by atoms with Gasteiger partial charge in [-0.3, -0.25) is 4.90 Å². The molecule has 0 aromatic heterocycles. The van der Waals surface area contributed by atoms with E-state index in [4.69, 9.17) is 14.2 Å². The highest BCUT2D eigenvalue weighted by molar-refractivity contribution is 5.75. The number of rotatable bonds is 16. The number of unbranched alkanes of at least 4 members (excludes halogenated alkanes) is 1. The van der Waals surface area contributed by atoms with Gasteiger partial charge < -0.3 is 14.2 Å². The topological polar surface area (TPSA) is 48.0 Å². The lowest BCUT2D eigenvalue weighted by Gasteiger charge is -2.31. The van der Waals surface area contributed by atoms with Crippen molar-refractivity contribution in [2.75, 3.05) is 33.9 Å². The SMILES string of the molecule is CCCCc1ccc2c(c1)C(N(C)CCOc1ccc(CC(OC)C(=O)OCC)cc1)c1ccc(CCc3ccccc3)cc1CC2. The van der Waals surface area contributed by atoms with Gasteiger partial charge in [0.05, 0.1) is 12.6 Å². The number of hydrogen-bond donors (Lipinski definition) is 0. The predicted octanol–water partition coefficient (Wildman–Crippen LogP) is 8.13. The first kappa shape index (κ1) is 34.4. The molecular formula is C42H51NO4. The summed E-state index contributed by atoms with van der Waals surface area (Å²) in [6.45, 7) is 5.77. The van der Waals surface area contributed by atoms with Gasteiger partial charge in [-0.15, -0.1) is 0 Å². The van der Waals surface area contributed by atoms with E-state index in [0.29, 0.717) is 19.6 Å². The summed E-state index contributed by atoms with van der Waals surface area (Å²) in [7, 11) is 3.77. The van der Waals surface area contributed by atoms with Crippen molar-refractivity contribution in [3.63, 3.8) is 0 Å². The molecular weight excluding hydrogens is 582 g/mol. The van der Waals surface area contributed by atoms with Gasteiger partial charge in [0.2, 0.25) is 0 Å². The summed E-state index contributed by atoms with van der Waals surface area (Å²) in [4.78, 5) is 14.6. The Bertz CT molecular complexity index is 1570. The number of carbonyl (C=O) groups excluding carboxylic acids is 1. The van der Waals surface area contributed by atoms with Crippen LogP contribution in [-0.2, 0) is 52.8 Å². The monoisotopic (exact) mass is 633 g/mol. The summed E-state index contributed by atoms with van der Waals surface area (Å²) in [5.41, 5.74) is 11.0. The van der Waals surface area contributed by atoms with E-state index in [2.05, 4.69) is 85.6 Å². The molecule has 0 aliphatic heterocycles. The van der Waals surface area contributed by atoms with Crippen molar-refractivity contribution in [1.29, 1.82) is 0 Å². The van der Waals surface area contributed by atoms with Crippen molar-refractivity contribution in [3.05, 3.63) is 136 Å². The second-order valence-electron chi connectivity index (χ2n) is 12.7. The molecule has 1 aliphatic rings. The molecule has 0 N–H and O–H groups in total. The number of esters is 1. The number of fused-ring (bicyclic) bond motifs is 2. The van der Waals surface area contributed by atoms with Crippen LogP contribution in [0.15, 0.2) is 91.0 Å². The van der Waals surface area contributed by atoms with E-state index < -0.39 is 6.10 Å². The largest absolute Gasteiger partial charge is 0.492 e. The van der Waals surface area contributed by atoms with Gasteiger partial charge in [0.25, 0.3) is 0 Å². The number of nitrogens with zero attached hydrogens (tertiary/aromatic N) is 1. The Morgan fingerprint density at radius 1 is 0.787 bits per heavy atom. The van der Waals surface area contributed by atoms with Crippen LogP contribution in [0, 0.1) is 0 Å². The number of hydrogen-bond acceptors (Lipinski definition) is 5. The summed E-state index contributed by atoms with van der Waals surface area (Å²) in [6, 6.07) is 33.3. The molecule has 5 rings (SSSR count). The van der Waals surface area contributed by atoms with Crippen molar-refractivity contribution in [3.8, 4) is 5.75 Å². The second kappa shape index (κ2) is 17.3. The first-order valence-electron chi connectivity index (χ1n) is 17.4. The number of methoxy groups -OCH3 is 1. The van der Waals surface area contributed by atoms with E-state index >= 15 is 0 Å². The molecule has 0 saturated carbocycles. The highest BCUT2D eigenvalue weighted by Crippen LogP contribution is 2.37. The molecule has 0 spiro atoms. The number of aryl methyl sites for hydroxylation is 5. The highest BCUT2D eigenvalue weighted by atomic mass is 16.6.